The second-order valence-corrected chi connectivity index (χ2v) is 5.25. The van der Waals surface area contributed by atoms with Gasteiger partial charge in [-0.25, -0.2) is 4.79 Å². The number of carbonyl (C=O) groups is 1. The van der Waals surface area contributed by atoms with Crippen LogP contribution in [0.15, 0.2) is 16.6 Å². The zero-order valence-electron chi connectivity index (χ0n) is 11.3. The molecule has 0 atom stereocenters. The molecule has 0 spiro atoms. The fraction of sp³-hybridized carbons (Fsp3) is 0.357. The number of rotatable bonds is 4. The lowest BCUT2D eigenvalue weighted by Gasteiger charge is -2.05. The Morgan fingerprint density at radius 3 is 2.75 bits per heavy atom. The summed E-state index contributed by atoms with van der Waals surface area (Å²) in [5.74, 6) is -0.382. The Bertz CT molecular complexity index is 663. The number of esters is 1. The zero-order chi connectivity index (χ0) is 14.9. The summed E-state index contributed by atoms with van der Waals surface area (Å²) in [5, 5.41) is 19.6. The fourth-order valence-electron chi connectivity index (χ4n) is 2.33. The number of aromatic nitrogens is 1. The van der Waals surface area contributed by atoms with Gasteiger partial charge in [-0.3, -0.25) is 0 Å². The van der Waals surface area contributed by atoms with E-state index in [1.165, 1.54) is 6.07 Å². The van der Waals surface area contributed by atoms with Crippen molar-refractivity contribution < 1.29 is 19.7 Å². The van der Waals surface area contributed by atoms with Crippen molar-refractivity contribution in [2.24, 2.45) is 7.05 Å². The molecule has 0 unspecified atom stereocenters. The van der Waals surface area contributed by atoms with Gasteiger partial charge >= 0.3 is 5.97 Å². The molecule has 108 valence electrons. The lowest BCUT2D eigenvalue weighted by Crippen LogP contribution is -2.10. The van der Waals surface area contributed by atoms with Gasteiger partial charge in [0.2, 0.25) is 0 Å². The van der Waals surface area contributed by atoms with Gasteiger partial charge in [0.15, 0.2) is 0 Å². The number of nitrogens with zero attached hydrogens (tertiary/aromatic N) is 1. The van der Waals surface area contributed by atoms with E-state index in [2.05, 4.69) is 15.9 Å². The Kier molecular flexibility index (Phi) is 4.35. The van der Waals surface area contributed by atoms with Gasteiger partial charge in [0.25, 0.3) is 0 Å². The number of benzene rings is 1. The summed E-state index contributed by atoms with van der Waals surface area (Å²) in [6, 6.07) is 3.28. The Hall–Kier alpha value is -1.53. The molecule has 0 saturated heterocycles. The maximum absolute atomic E-state index is 12.2. The normalized spacial score (nSPS) is 11.0. The number of ether oxygens (including phenoxy) is 1. The quantitative estimate of drug-likeness (QED) is 0.837. The fourth-order valence-corrected chi connectivity index (χ4v) is 2.66. The average molecular weight is 342 g/mol. The van der Waals surface area contributed by atoms with E-state index in [4.69, 9.17) is 4.74 Å². The molecule has 0 aliphatic heterocycles. The number of halogens is 1. The predicted molar refractivity (Wildman–Crippen MR) is 79.0 cm³/mol. The van der Waals surface area contributed by atoms with Crippen LogP contribution in [0.1, 0.15) is 23.0 Å². The molecule has 1 aromatic heterocycles. The molecule has 0 saturated carbocycles. The number of carbonyl (C=O) groups excluding carboxylic acids is 1. The number of aromatic hydroxyl groups is 1. The van der Waals surface area contributed by atoms with Crippen LogP contribution in [0.25, 0.3) is 10.9 Å². The number of aliphatic hydroxyl groups is 1. The van der Waals surface area contributed by atoms with Gasteiger partial charge in [0, 0.05) is 31.2 Å². The van der Waals surface area contributed by atoms with Crippen LogP contribution in [0, 0.1) is 0 Å². The number of aliphatic hydroxyl groups excluding tert-OH is 1. The van der Waals surface area contributed by atoms with Gasteiger partial charge in [-0.2, -0.15) is 0 Å². The molecule has 0 bridgehead atoms. The number of aryl methyl sites for hydroxylation is 1. The lowest BCUT2D eigenvalue weighted by atomic mass is 10.1. The first-order valence-corrected chi connectivity index (χ1v) is 7.08. The maximum Gasteiger partial charge on any atom is 0.340 e. The van der Waals surface area contributed by atoms with Crippen LogP contribution < -0.4 is 0 Å². The van der Waals surface area contributed by atoms with E-state index < -0.39 is 5.97 Å². The zero-order valence-corrected chi connectivity index (χ0v) is 12.9. The average Bonchev–Trinajstić information content (AvgIpc) is 2.65. The van der Waals surface area contributed by atoms with E-state index in [-0.39, 0.29) is 19.0 Å². The van der Waals surface area contributed by atoms with Crippen LogP contribution in [-0.4, -0.2) is 34.0 Å². The lowest BCUT2D eigenvalue weighted by molar-refractivity contribution is 0.0527. The van der Waals surface area contributed by atoms with Crippen LogP contribution in [0.5, 0.6) is 5.75 Å². The highest BCUT2D eigenvalue weighted by molar-refractivity contribution is 9.10. The molecule has 5 nitrogen and oxygen atoms in total. The highest BCUT2D eigenvalue weighted by atomic mass is 79.9. The van der Waals surface area contributed by atoms with E-state index in [9.17, 15) is 15.0 Å². The third-order valence-electron chi connectivity index (χ3n) is 3.22. The van der Waals surface area contributed by atoms with Crippen LogP contribution in [0.2, 0.25) is 0 Å². The van der Waals surface area contributed by atoms with Gasteiger partial charge in [-0.15, -0.1) is 0 Å². The SMILES string of the molecule is CCOC(=O)c1c(CCO)n(C)c2cc(Br)c(O)cc12. The molecule has 2 aromatic rings. The molecular weight excluding hydrogens is 326 g/mol. The largest absolute Gasteiger partial charge is 0.507 e. The minimum Gasteiger partial charge on any atom is -0.507 e. The Labute approximate surface area is 124 Å². The van der Waals surface area contributed by atoms with Crippen molar-refractivity contribution in [3.05, 3.63) is 27.9 Å². The van der Waals surface area contributed by atoms with Crippen LogP contribution in [-0.2, 0) is 18.2 Å². The first kappa shape index (κ1) is 14.9. The van der Waals surface area contributed by atoms with Gasteiger partial charge < -0.3 is 19.5 Å². The van der Waals surface area contributed by atoms with Crippen molar-refractivity contribution in [2.75, 3.05) is 13.2 Å². The van der Waals surface area contributed by atoms with Gasteiger partial charge in [0.05, 0.1) is 22.2 Å². The predicted octanol–water partition coefficient (Wildman–Crippen LogP) is 2.36. The second-order valence-electron chi connectivity index (χ2n) is 4.40. The van der Waals surface area contributed by atoms with Gasteiger partial charge in [-0.05, 0) is 35.0 Å². The Balaban J connectivity index is 2.76. The molecule has 2 rings (SSSR count). The van der Waals surface area contributed by atoms with Gasteiger partial charge in [0.1, 0.15) is 5.75 Å². The molecule has 0 fully saturated rings. The summed E-state index contributed by atoms with van der Waals surface area (Å²) in [4.78, 5) is 12.2. The van der Waals surface area contributed by atoms with Crippen molar-refractivity contribution in [3.63, 3.8) is 0 Å². The summed E-state index contributed by atoms with van der Waals surface area (Å²) in [5.41, 5.74) is 1.89. The first-order chi connectivity index (χ1) is 9.51. The molecule has 20 heavy (non-hydrogen) atoms. The molecule has 1 heterocycles. The van der Waals surface area contributed by atoms with Crippen molar-refractivity contribution >= 4 is 32.8 Å². The van der Waals surface area contributed by atoms with Crippen molar-refractivity contribution in [3.8, 4) is 5.75 Å². The highest BCUT2D eigenvalue weighted by Gasteiger charge is 2.22. The van der Waals surface area contributed by atoms with Crippen LogP contribution in [0.4, 0.5) is 0 Å². The molecule has 1 aromatic carbocycles. The standard InChI is InChI=1S/C14H16BrNO4/c1-3-20-14(19)13-8-6-12(18)9(15)7-11(8)16(2)10(13)4-5-17/h6-7,17-18H,3-5H2,1-2H3. The Morgan fingerprint density at radius 1 is 1.45 bits per heavy atom. The smallest absolute Gasteiger partial charge is 0.340 e. The monoisotopic (exact) mass is 341 g/mol. The summed E-state index contributed by atoms with van der Waals surface area (Å²) in [6.07, 6.45) is 0.345. The molecule has 0 aliphatic rings. The minimum absolute atomic E-state index is 0.0594. The summed E-state index contributed by atoms with van der Waals surface area (Å²) in [6.45, 7) is 1.95. The summed E-state index contributed by atoms with van der Waals surface area (Å²) < 4.78 is 7.47. The second kappa shape index (κ2) is 5.85. The highest BCUT2D eigenvalue weighted by Crippen LogP contribution is 2.34. The third-order valence-corrected chi connectivity index (χ3v) is 3.85. The molecule has 0 amide bonds. The molecule has 0 aliphatic carbocycles. The molecule has 2 N–H and O–H groups in total. The summed E-state index contributed by atoms with van der Waals surface area (Å²) >= 11 is 3.26. The van der Waals surface area contributed by atoms with E-state index in [1.54, 1.807) is 13.0 Å². The van der Waals surface area contributed by atoms with E-state index in [0.29, 0.717) is 27.5 Å². The van der Waals surface area contributed by atoms with Crippen molar-refractivity contribution in [2.45, 2.75) is 13.3 Å². The molecule has 0 radical (unpaired) electrons. The first-order valence-electron chi connectivity index (χ1n) is 6.29. The topological polar surface area (TPSA) is 71.7 Å². The van der Waals surface area contributed by atoms with E-state index in [1.807, 2.05) is 11.6 Å². The molecule has 6 heteroatoms. The number of phenols is 1. The van der Waals surface area contributed by atoms with E-state index >= 15 is 0 Å². The number of hydrogen-bond acceptors (Lipinski definition) is 4. The van der Waals surface area contributed by atoms with Crippen molar-refractivity contribution in [1.29, 1.82) is 0 Å². The minimum atomic E-state index is -0.441. The third kappa shape index (κ3) is 2.41. The van der Waals surface area contributed by atoms with Crippen LogP contribution >= 0.6 is 15.9 Å². The van der Waals surface area contributed by atoms with E-state index in [0.717, 1.165) is 5.52 Å². The number of fused-ring (bicyclic) bond motifs is 1. The number of hydrogen-bond donors (Lipinski definition) is 2. The number of phenolic OH excluding ortho intramolecular Hbond substituents is 1. The van der Waals surface area contributed by atoms with Crippen LogP contribution in [0.3, 0.4) is 0 Å². The molecular formula is C14H16BrNO4. The maximum atomic E-state index is 12.2. The van der Waals surface area contributed by atoms with Gasteiger partial charge in [-0.1, -0.05) is 0 Å². The Morgan fingerprint density at radius 2 is 2.15 bits per heavy atom. The summed E-state index contributed by atoms with van der Waals surface area (Å²) in [7, 11) is 1.82. The van der Waals surface area contributed by atoms with Crippen molar-refractivity contribution in [1.82, 2.24) is 4.57 Å².